The fraction of sp³-hybridized carbons (Fsp3) is 0.143. The fourth-order valence-corrected chi connectivity index (χ4v) is 2.97. The normalized spacial score (nSPS) is 13.0. The van der Waals surface area contributed by atoms with Crippen LogP contribution in [0, 0.1) is 11.7 Å². The number of aromatic nitrogens is 2. The summed E-state index contributed by atoms with van der Waals surface area (Å²) in [6.45, 7) is 0. The van der Waals surface area contributed by atoms with Crippen LogP contribution in [0.4, 0.5) is 15.9 Å². The fourth-order valence-electron chi connectivity index (χ4n) is 2.80. The summed E-state index contributed by atoms with van der Waals surface area (Å²) < 4.78 is 14.3. The largest absolute Gasteiger partial charge is 0.321 e. The van der Waals surface area contributed by atoms with E-state index in [-0.39, 0.29) is 22.4 Å². The Kier molecular flexibility index (Phi) is 5.22. The van der Waals surface area contributed by atoms with E-state index in [4.69, 9.17) is 11.6 Å². The summed E-state index contributed by atoms with van der Waals surface area (Å²) in [5.74, 6) is -0.683. The number of benzene rings is 1. The standard InChI is InChI=1S/C21H16ClFN4O2/c22-17-3-1-2-16(19(17)23)14-8-15(11-24-10-14)26-21(29)13-6-7-25-18(9-13)27-20(28)12-4-5-12/h1-3,6-12H,4-5H2,(H,26,29)(H,25,27,28). The molecule has 0 saturated heterocycles. The molecule has 6 nitrogen and oxygen atoms in total. The third-order valence-electron chi connectivity index (χ3n) is 4.48. The topological polar surface area (TPSA) is 84.0 Å². The van der Waals surface area contributed by atoms with Crippen molar-refractivity contribution < 1.29 is 14.0 Å². The molecule has 2 heterocycles. The second kappa shape index (κ2) is 7.97. The maximum atomic E-state index is 14.3. The Morgan fingerprint density at radius 1 is 1.10 bits per heavy atom. The van der Waals surface area contributed by atoms with Crippen LogP contribution in [0.2, 0.25) is 5.02 Å². The van der Waals surface area contributed by atoms with Crippen molar-refractivity contribution in [3.8, 4) is 11.1 Å². The van der Waals surface area contributed by atoms with E-state index in [9.17, 15) is 14.0 Å². The molecule has 0 radical (unpaired) electrons. The maximum absolute atomic E-state index is 14.3. The number of amides is 2. The van der Waals surface area contributed by atoms with Gasteiger partial charge in [-0.25, -0.2) is 9.37 Å². The quantitative estimate of drug-likeness (QED) is 0.647. The molecule has 146 valence electrons. The summed E-state index contributed by atoms with van der Waals surface area (Å²) in [5.41, 5.74) is 1.49. The summed E-state index contributed by atoms with van der Waals surface area (Å²) in [6.07, 6.45) is 6.15. The van der Waals surface area contributed by atoms with Crippen molar-refractivity contribution in [1.29, 1.82) is 0 Å². The number of carbonyl (C=O) groups is 2. The summed E-state index contributed by atoms with van der Waals surface area (Å²) >= 11 is 5.84. The molecule has 2 N–H and O–H groups in total. The predicted octanol–water partition coefficient (Wildman–Crippen LogP) is 4.54. The Hall–Kier alpha value is -3.32. The molecular weight excluding hydrogens is 395 g/mol. The van der Waals surface area contributed by atoms with Crippen LogP contribution in [0.25, 0.3) is 11.1 Å². The van der Waals surface area contributed by atoms with Crippen molar-refractivity contribution >= 4 is 34.9 Å². The Morgan fingerprint density at radius 2 is 1.93 bits per heavy atom. The average molecular weight is 411 g/mol. The highest BCUT2D eigenvalue weighted by Crippen LogP contribution is 2.30. The van der Waals surface area contributed by atoms with E-state index in [0.29, 0.717) is 22.6 Å². The lowest BCUT2D eigenvalue weighted by atomic mass is 10.1. The van der Waals surface area contributed by atoms with Gasteiger partial charge in [0.05, 0.1) is 16.9 Å². The molecule has 2 aromatic heterocycles. The molecule has 1 aliphatic rings. The number of hydrogen-bond donors (Lipinski definition) is 2. The number of carbonyl (C=O) groups excluding carboxylic acids is 2. The molecule has 2 amide bonds. The first-order chi connectivity index (χ1) is 14.0. The van der Waals surface area contributed by atoms with E-state index in [1.165, 1.54) is 36.8 Å². The number of hydrogen-bond acceptors (Lipinski definition) is 4. The first-order valence-electron chi connectivity index (χ1n) is 8.99. The molecule has 0 spiro atoms. The van der Waals surface area contributed by atoms with Gasteiger partial charge in [0, 0.05) is 35.0 Å². The molecule has 29 heavy (non-hydrogen) atoms. The Bertz CT molecular complexity index is 1100. The van der Waals surface area contributed by atoms with E-state index in [1.54, 1.807) is 18.2 Å². The first kappa shape index (κ1) is 19.0. The second-order valence-corrected chi connectivity index (χ2v) is 7.12. The van der Waals surface area contributed by atoms with Crippen LogP contribution in [-0.4, -0.2) is 21.8 Å². The van der Waals surface area contributed by atoms with Crippen molar-refractivity contribution in [2.24, 2.45) is 5.92 Å². The molecule has 1 aliphatic carbocycles. The highest BCUT2D eigenvalue weighted by atomic mass is 35.5. The molecule has 3 aromatic rings. The molecule has 0 aliphatic heterocycles. The van der Waals surface area contributed by atoms with Crippen molar-refractivity contribution in [2.75, 3.05) is 10.6 Å². The first-order valence-corrected chi connectivity index (χ1v) is 9.37. The van der Waals surface area contributed by atoms with Gasteiger partial charge >= 0.3 is 0 Å². The molecule has 0 bridgehead atoms. The number of nitrogens with one attached hydrogen (secondary N) is 2. The number of halogens is 2. The average Bonchev–Trinajstić information content (AvgIpc) is 3.56. The van der Waals surface area contributed by atoms with Gasteiger partial charge in [-0.05, 0) is 37.1 Å². The van der Waals surface area contributed by atoms with Gasteiger partial charge in [0.2, 0.25) is 5.91 Å². The second-order valence-electron chi connectivity index (χ2n) is 6.71. The van der Waals surface area contributed by atoms with Crippen LogP contribution in [0.3, 0.4) is 0 Å². The molecule has 0 unspecified atom stereocenters. The highest BCUT2D eigenvalue weighted by molar-refractivity contribution is 6.31. The number of anilines is 2. The molecule has 1 aromatic carbocycles. The number of nitrogens with zero attached hydrogens (tertiary/aromatic N) is 2. The molecule has 0 atom stereocenters. The van der Waals surface area contributed by atoms with Gasteiger partial charge in [0.25, 0.3) is 5.91 Å². The highest BCUT2D eigenvalue weighted by Gasteiger charge is 2.29. The van der Waals surface area contributed by atoms with Gasteiger partial charge in [0.15, 0.2) is 0 Å². The van der Waals surface area contributed by atoms with Crippen molar-refractivity contribution in [1.82, 2.24) is 9.97 Å². The minimum Gasteiger partial charge on any atom is -0.321 e. The smallest absolute Gasteiger partial charge is 0.255 e. The summed E-state index contributed by atoms with van der Waals surface area (Å²) in [5, 5.41) is 5.44. The lowest BCUT2D eigenvalue weighted by molar-refractivity contribution is -0.117. The molecule has 8 heteroatoms. The van der Waals surface area contributed by atoms with E-state index < -0.39 is 11.7 Å². The van der Waals surface area contributed by atoms with Crippen LogP contribution in [0.1, 0.15) is 23.2 Å². The monoisotopic (exact) mass is 410 g/mol. The third-order valence-corrected chi connectivity index (χ3v) is 4.77. The zero-order valence-electron chi connectivity index (χ0n) is 15.2. The van der Waals surface area contributed by atoms with Crippen molar-refractivity contribution in [3.05, 3.63) is 71.4 Å². The van der Waals surface area contributed by atoms with E-state index in [2.05, 4.69) is 20.6 Å². The van der Waals surface area contributed by atoms with Crippen LogP contribution in [0.5, 0.6) is 0 Å². The minimum atomic E-state index is -0.551. The van der Waals surface area contributed by atoms with Gasteiger partial charge in [-0.15, -0.1) is 0 Å². The summed E-state index contributed by atoms with van der Waals surface area (Å²) in [6, 6.07) is 9.33. The predicted molar refractivity (Wildman–Crippen MR) is 108 cm³/mol. The molecular formula is C21H16ClFN4O2. The zero-order valence-corrected chi connectivity index (χ0v) is 15.9. The van der Waals surface area contributed by atoms with Crippen molar-refractivity contribution in [2.45, 2.75) is 12.8 Å². The minimum absolute atomic E-state index is 0.00879. The Balaban J connectivity index is 1.51. The van der Waals surface area contributed by atoms with Crippen LogP contribution < -0.4 is 10.6 Å². The summed E-state index contributed by atoms with van der Waals surface area (Å²) in [4.78, 5) is 32.6. The van der Waals surface area contributed by atoms with Crippen LogP contribution in [0.15, 0.2) is 55.0 Å². The Labute approximate surface area is 171 Å². The van der Waals surface area contributed by atoms with E-state index in [0.717, 1.165) is 12.8 Å². The third kappa shape index (κ3) is 4.41. The molecule has 4 rings (SSSR count). The van der Waals surface area contributed by atoms with Gasteiger partial charge in [-0.2, -0.15) is 0 Å². The van der Waals surface area contributed by atoms with Crippen molar-refractivity contribution in [3.63, 3.8) is 0 Å². The van der Waals surface area contributed by atoms with Gasteiger partial charge < -0.3 is 10.6 Å². The van der Waals surface area contributed by atoms with E-state index >= 15 is 0 Å². The van der Waals surface area contributed by atoms with E-state index in [1.807, 2.05) is 0 Å². The lowest BCUT2D eigenvalue weighted by Gasteiger charge is -2.09. The SMILES string of the molecule is O=C(Nc1cncc(-c2cccc(Cl)c2F)c1)c1ccnc(NC(=O)C2CC2)c1. The summed E-state index contributed by atoms with van der Waals surface area (Å²) in [7, 11) is 0. The lowest BCUT2D eigenvalue weighted by Crippen LogP contribution is -2.16. The number of rotatable bonds is 5. The Morgan fingerprint density at radius 3 is 2.72 bits per heavy atom. The van der Waals surface area contributed by atoms with Crippen LogP contribution in [-0.2, 0) is 4.79 Å². The van der Waals surface area contributed by atoms with Gasteiger partial charge in [-0.1, -0.05) is 23.7 Å². The maximum Gasteiger partial charge on any atom is 0.255 e. The zero-order chi connectivity index (χ0) is 20.4. The van der Waals surface area contributed by atoms with Gasteiger partial charge in [0.1, 0.15) is 11.6 Å². The number of pyridine rings is 2. The van der Waals surface area contributed by atoms with Crippen LogP contribution >= 0.6 is 11.6 Å². The molecule has 1 fully saturated rings. The molecule has 1 saturated carbocycles. The van der Waals surface area contributed by atoms with Gasteiger partial charge in [-0.3, -0.25) is 14.6 Å².